The minimum Gasteiger partial charge on any atom is -0.431 e. The number of anilines is 1. The van der Waals surface area contributed by atoms with Crippen LogP contribution in [0.25, 0.3) is 11.4 Å². The fourth-order valence-electron chi connectivity index (χ4n) is 1.85. The van der Waals surface area contributed by atoms with Gasteiger partial charge in [-0.2, -0.15) is 4.98 Å². The van der Waals surface area contributed by atoms with E-state index in [1.54, 1.807) is 12.1 Å². The van der Waals surface area contributed by atoms with Gasteiger partial charge < -0.3 is 21.2 Å². The van der Waals surface area contributed by atoms with E-state index in [1.807, 2.05) is 6.07 Å². The summed E-state index contributed by atoms with van der Waals surface area (Å²) < 4.78 is 5.32. The zero-order valence-corrected chi connectivity index (χ0v) is 13.5. The molecule has 0 aromatic carbocycles. The first-order valence-corrected chi connectivity index (χ1v) is 7.60. The third-order valence-electron chi connectivity index (χ3n) is 3.05. The highest BCUT2D eigenvalue weighted by Gasteiger charge is 2.09. The topological polar surface area (TPSA) is 144 Å². The molecule has 2 rings (SSSR count). The van der Waals surface area contributed by atoms with Gasteiger partial charge in [-0.1, -0.05) is 19.4 Å². The summed E-state index contributed by atoms with van der Waals surface area (Å²) in [6.07, 6.45) is 3.48. The van der Waals surface area contributed by atoms with Crippen molar-refractivity contribution in [2.45, 2.75) is 26.3 Å². The molecule has 0 unspecified atom stereocenters. The molecule has 2 amide bonds. The number of amides is 2. The summed E-state index contributed by atoms with van der Waals surface area (Å²) >= 11 is 0. The zero-order chi connectivity index (χ0) is 17.4. The number of unbranched alkanes of at least 4 members (excludes halogenated alkanes) is 1. The number of urea groups is 1. The van der Waals surface area contributed by atoms with Crippen molar-refractivity contribution in [1.82, 2.24) is 15.3 Å². The number of carbonyl (C=O) groups is 1. The molecule has 6 N–H and O–H groups in total. The lowest BCUT2D eigenvalue weighted by Gasteiger charge is -2.03. The molecule has 0 aliphatic heterocycles. The predicted molar refractivity (Wildman–Crippen MR) is 91.2 cm³/mol. The number of nitrogens with zero attached hydrogens (tertiary/aromatic N) is 3. The molecular weight excluding hydrogens is 310 g/mol. The molecule has 0 aliphatic carbocycles. The molecule has 0 bridgehead atoms. The Bertz CT molecular complexity index is 711. The summed E-state index contributed by atoms with van der Waals surface area (Å²) in [4.78, 5) is 23.6. The van der Waals surface area contributed by atoms with Crippen LogP contribution in [0.15, 0.2) is 33.9 Å². The van der Waals surface area contributed by atoms with E-state index in [9.17, 15) is 4.79 Å². The summed E-state index contributed by atoms with van der Waals surface area (Å²) in [5.41, 5.74) is 12.6. The van der Waals surface area contributed by atoms with E-state index in [-0.39, 0.29) is 18.5 Å². The van der Waals surface area contributed by atoms with Gasteiger partial charge in [-0.3, -0.25) is 10.3 Å². The van der Waals surface area contributed by atoms with Gasteiger partial charge in [-0.05, 0) is 18.6 Å². The van der Waals surface area contributed by atoms with Crippen LogP contribution in [0.5, 0.6) is 0 Å². The van der Waals surface area contributed by atoms with E-state index in [1.165, 1.54) is 6.26 Å². The molecule has 9 heteroatoms. The number of rotatable bonds is 7. The first-order chi connectivity index (χ1) is 11.6. The van der Waals surface area contributed by atoms with E-state index in [0.717, 1.165) is 12.8 Å². The van der Waals surface area contributed by atoms with Crippen LogP contribution in [0.2, 0.25) is 0 Å². The second kappa shape index (κ2) is 8.51. The van der Waals surface area contributed by atoms with Crippen LogP contribution in [0, 0.1) is 0 Å². The van der Waals surface area contributed by atoms with Crippen molar-refractivity contribution < 1.29 is 9.21 Å². The maximum Gasteiger partial charge on any atom is 0.312 e. The van der Waals surface area contributed by atoms with Gasteiger partial charge in [0, 0.05) is 6.54 Å². The van der Waals surface area contributed by atoms with Crippen molar-refractivity contribution in [3.8, 4) is 11.4 Å². The quantitative estimate of drug-likeness (QED) is 0.343. The predicted octanol–water partition coefficient (Wildman–Crippen LogP) is 1.43. The lowest BCUT2D eigenvalue weighted by atomic mass is 10.2. The Balaban J connectivity index is 2.03. The monoisotopic (exact) mass is 331 g/mol. The molecule has 0 spiro atoms. The third kappa shape index (κ3) is 5.27. The van der Waals surface area contributed by atoms with Crippen molar-refractivity contribution in [3.63, 3.8) is 0 Å². The first-order valence-electron chi connectivity index (χ1n) is 7.60. The van der Waals surface area contributed by atoms with Crippen molar-refractivity contribution in [2.24, 2.45) is 16.5 Å². The highest BCUT2D eigenvalue weighted by Crippen LogP contribution is 2.18. The number of hydrogen-bond donors (Lipinski definition) is 4. The highest BCUT2D eigenvalue weighted by atomic mass is 16.4. The summed E-state index contributed by atoms with van der Waals surface area (Å²) in [7, 11) is 0. The molecular formula is C15H21N7O2. The minimum atomic E-state index is -0.604. The van der Waals surface area contributed by atoms with E-state index in [0.29, 0.717) is 23.6 Å². The molecule has 0 radical (unpaired) electrons. The Hall–Kier alpha value is -3.10. The fraction of sp³-hybridized carbons (Fsp3) is 0.333. The number of hydrogen-bond acceptors (Lipinski definition) is 5. The summed E-state index contributed by atoms with van der Waals surface area (Å²) in [5.74, 6) is 0.254. The smallest absolute Gasteiger partial charge is 0.312 e. The van der Waals surface area contributed by atoms with Crippen LogP contribution in [-0.2, 0) is 6.54 Å². The van der Waals surface area contributed by atoms with Crippen LogP contribution in [0.3, 0.4) is 0 Å². The van der Waals surface area contributed by atoms with E-state index in [4.69, 9.17) is 15.9 Å². The molecule has 2 aromatic heterocycles. The molecule has 24 heavy (non-hydrogen) atoms. The number of primary amides is 1. The Morgan fingerprint density at radius 1 is 1.29 bits per heavy atom. The van der Waals surface area contributed by atoms with E-state index < -0.39 is 6.03 Å². The Kier molecular flexibility index (Phi) is 6.12. The number of aromatic nitrogens is 2. The minimum absolute atomic E-state index is 0.239. The van der Waals surface area contributed by atoms with Gasteiger partial charge in [-0.25, -0.2) is 9.78 Å². The van der Waals surface area contributed by atoms with Gasteiger partial charge in [0.1, 0.15) is 12.0 Å². The van der Waals surface area contributed by atoms with Gasteiger partial charge in [0.2, 0.25) is 0 Å². The Morgan fingerprint density at radius 2 is 2.12 bits per heavy atom. The van der Waals surface area contributed by atoms with Crippen LogP contribution in [0.4, 0.5) is 10.8 Å². The Morgan fingerprint density at radius 3 is 2.88 bits per heavy atom. The van der Waals surface area contributed by atoms with Crippen LogP contribution in [-0.4, -0.2) is 28.5 Å². The molecule has 0 fully saturated rings. The molecule has 0 aliphatic rings. The van der Waals surface area contributed by atoms with Gasteiger partial charge in [0.15, 0.2) is 5.96 Å². The SMILES string of the molecule is CCCCN=C(N)Nc1nc(-c2cccc(CNC(N)=O)n2)co1. The van der Waals surface area contributed by atoms with Gasteiger partial charge in [0.25, 0.3) is 0 Å². The normalized spacial score (nSPS) is 11.3. The van der Waals surface area contributed by atoms with Gasteiger partial charge >= 0.3 is 12.0 Å². The average molecular weight is 331 g/mol. The second-order valence-corrected chi connectivity index (χ2v) is 5.02. The zero-order valence-electron chi connectivity index (χ0n) is 13.5. The van der Waals surface area contributed by atoms with Crippen molar-refractivity contribution in [2.75, 3.05) is 11.9 Å². The fourth-order valence-corrected chi connectivity index (χ4v) is 1.85. The maximum absolute atomic E-state index is 10.8. The second-order valence-electron chi connectivity index (χ2n) is 5.02. The molecule has 128 valence electrons. The lowest BCUT2D eigenvalue weighted by molar-refractivity contribution is 0.248. The van der Waals surface area contributed by atoms with Crippen LogP contribution in [0.1, 0.15) is 25.5 Å². The van der Waals surface area contributed by atoms with E-state index >= 15 is 0 Å². The van der Waals surface area contributed by atoms with Gasteiger partial charge in [0.05, 0.1) is 17.9 Å². The molecule has 0 atom stereocenters. The van der Waals surface area contributed by atoms with E-state index in [2.05, 4.69) is 32.5 Å². The first kappa shape index (κ1) is 17.3. The largest absolute Gasteiger partial charge is 0.431 e. The van der Waals surface area contributed by atoms with Gasteiger partial charge in [-0.15, -0.1) is 0 Å². The molecule has 2 aromatic rings. The highest BCUT2D eigenvalue weighted by molar-refractivity contribution is 5.90. The van der Waals surface area contributed by atoms with Crippen LogP contribution >= 0.6 is 0 Å². The van der Waals surface area contributed by atoms with Crippen molar-refractivity contribution in [1.29, 1.82) is 0 Å². The summed E-state index contributed by atoms with van der Waals surface area (Å²) in [6.45, 7) is 2.97. The number of oxazole rings is 1. The summed E-state index contributed by atoms with van der Waals surface area (Å²) in [6, 6.07) is 5.01. The molecule has 0 saturated heterocycles. The summed E-state index contributed by atoms with van der Waals surface area (Å²) in [5, 5.41) is 5.28. The average Bonchev–Trinajstić information content (AvgIpc) is 3.02. The number of aliphatic imine (C=N–C) groups is 1. The molecule has 2 heterocycles. The van der Waals surface area contributed by atoms with Crippen LogP contribution < -0.4 is 22.1 Å². The van der Waals surface area contributed by atoms with Crippen molar-refractivity contribution in [3.05, 3.63) is 30.2 Å². The maximum atomic E-state index is 10.8. The third-order valence-corrected chi connectivity index (χ3v) is 3.05. The molecule has 9 nitrogen and oxygen atoms in total. The Labute approximate surface area is 139 Å². The number of carbonyl (C=O) groups excluding carboxylic acids is 1. The number of guanidine groups is 1. The lowest BCUT2D eigenvalue weighted by Crippen LogP contribution is -2.28. The standard InChI is InChI=1S/C15H21N7O2/c1-2-3-7-18-13(16)22-15-21-12(9-24-15)11-6-4-5-10(20-11)8-19-14(17)23/h4-6,9H,2-3,7-8H2,1H3,(H3,17,19,23)(H3,16,18,21,22). The number of pyridine rings is 1. The number of nitrogens with two attached hydrogens (primary N) is 2. The molecule has 0 saturated carbocycles. The van der Waals surface area contributed by atoms with Crippen molar-refractivity contribution >= 4 is 18.0 Å². The number of nitrogens with one attached hydrogen (secondary N) is 2.